The number of likely N-dealkylation sites (tertiary alicyclic amines) is 1. The predicted molar refractivity (Wildman–Crippen MR) is 81.6 cm³/mol. The molecular weight excluding hydrogens is 282 g/mol. The van der Waals surface area contributed by atoms with Gasteiger partial charge < -0.3 is 14.7 Å². The number of hydrogen-bond donors (Lipinski definition) is 0. The van der Waals surface area contributed by atoms with Gasteiger partial charge in [0.25, 0.3) is 5.91 Å². The van der Waals surface area contributed by atoms with Gasteiger partial charge in [-0.25, -0.2) is 4.98 Å². The number of rotatable bonds is 2. The minimum Gasteiger partial charge on any atom is -0.342 e. The van der Waals surface area contributed by atoms with Gasteiger partial charge in [-0.3, -0.25) is 14.6 Å². The molecule has 0 N–H and O–H groups in total. The third-order valence-electron chi connectivity index (χ3n) is 4.41. The Morgan fingerprint density at radius 3 is 2.64 bits per heavy atom. The SMILES string of the molecule is CC1C(=O)N(C)CCN1c1cncc(C(=O)N2CCCC2)n1. The first-order valence-corrected chi connectivity index (χ1v) is 7.71. The van der Waals surface area contributed by atoms with Gasteiger partial charge in [-0.05, 0) is 19.8 Å². The monoisotopic (exact) mass is 303 g/mol. The molecule has 2 amide bonds. The zero-order valence-corrected chi connectivity index (χ0v) is 13.0. The van der Waals surface area contributed by atoms with Crippen molar-refractivity contribution in [2.75, 3.05) is 38.1 Å². The van der Waals surface area contributed by atoms with Gasteiger partial charge >= 0.3 is 0 Å². The summed E-state index contributed by atoms with van der Waals surface area (Å²) in [6.45, 7) is 4.77. The molecule has 118 valence electrons. The Morgan fingerprint density at radius 1 is 1.18 bits per heavy atom. The third kappa shape index (κ3) is 2.63. The highest BCUT2D eigenvalue weighted by Crippen LogP contribution is 2.19. The largest absolute Gasteiger partial charge is 0.342 e. The molecule has 0 aromatic carbocycles. The number of carbonyl (C=O) groups is 2. The van der Waals surface area contributed by atoms with Gasteiger partial charge in [0, 0.05) is 33.2 Å². The van der Waals surface area contributed by atoms with Gasteiger partial charge in [0.15, 0.2) is 0 Å². The number of anilines is 1. The van der Waals surface area contributed by atoms with E-state index in [9.17, 15) is 9.59 Å². The summed E-state index contributed by atoms with van der Waals surface area (Å²) < 4.78 is 0. The van der Waals surface area contributed by atoms with Crippen LogP contribution in [0.4, 0.5) is 5.82 Å². The molecule has 1 atom stereocenters. The second kappa shape index (κ2) is 5.90. The van der Waals surface area contributed by atoms with Crippen molar-refractivity contribution in [1.82, 2.24) is 19.8 Å². The number of hydrogen-bond acceptors (Lipinski definition) is 5. The second-order valence-corrected chi connectivity index (χ2v) is 5.89. The lowest BCUT2D eigenvalue weighted by atomic mass is 10.2. The summed E-state index contributed by atoms with van der Waals surface area (Å²) in [6.07, 6.45) is 5.22. The first-order valence-electron chi connectivity index (χ1n) is 7.71. The fourth-order valence-corrected chi connectivity index (χ4v) is 3.01. The summed E-state index contributed by atoms with van der Waals surface area (Å²) in [5.74, 6) is 0.586. The molecule has 0 radical (unpaired) electrons. The van der Waals surface area contributed by atoms with Crippen LogP contribution in [0.25, 0.3) is 0 Å². The zero-order valence-electron chi connectivity index (χ0n) is 13.0. The summed E-state index contributed by atoms with van der Waals surface area (Å²) in [5, 5.41) is 0. The normalized spacial score (nSPS) is 22.4. The van der Waals surface area contributed by atoms with Crippen LogP contribution in [0.3, 0.4) is 0 Å². The van der Waals surface area contributed by atoms with Gasteiger partial charge in [-0.1, -0.05) is 0 Å². The number of nitrogens with zero attached hydrogens (tertiary/aromatic N) is 5. The van der Waals surface area contributed by atoms with Crippen LogP contribution in [0.15, 0.2) is 12.4 Å². The summed E-state index contributed by atoms with van der Waals surface area (Å²) in [7, 11) is 1.80. The van der Waals surface area contributed by atoms with Crippen molar-refractivity contribution < 1.29 is 9.59 Å². The van der Waals surface area contributed by atoms with Crippen molar-refractivity contribution in [2.45, 2.75) is 25.8 Å². The molecule has 2 saturated heterocycles. The van der Waals surface area contributed by atoms with Crippen molar-refractivity contribution >= 4 is 17.6 Å². The quantitative estimate of drug-likeness (QED) is 0.790. The molecule has 0 spiro atoms. The minimum absolute atomic E-state index is 0.0596. The first-order chi connectivity index (χ1) is 10.6. The Hall–Kier alpha value is -2.18. The van der Waals surface area contributed by atoms with Gasteiger partial charge in [-0.2, -0.15) is 0 Å². The maximum absolute atomic E-state index is 12.4. The van der Waals surface area contributed by atoms with Crippen molar-refractivity contribution in [1.29, 1.82) is 0 Å². The van der Waals surface area contributed by atoms with Crippen molar-refractivity contribution in [3.63, 3.8) is 0 Å². The predicted octanol–water partition coefficient (Wildman–Crippen LogP) is 0.379. The van der Waals surface area contributed by atoms with E-state index in [-0.39, 0.29) is 17.9 Å². The highest BCUT2D eigenvalue weighted by Gasteiger charge is 2.31. The highest BCUT2D eigenvalue weighted by atomic mass is 16.2. The number of amides is 2. The molecule has 7 heteroatoms. The zero-order chi connectivity index (χ0) is 15.7. The van der Waals surface area contributed by atoms with E-state index in [4.69, 9.17) is 0 Å². The van der Waals surface area contributed by atoms with Crippen LogP contribution in [0.2, 0.25) is 0 Å². The lowest BCUT2D eigenvalue weighted by Gasteiger charge is -2.38. The number of likely N-dealkylation sites (N-methyl/N-ethyl adjacent to an activating group) is 1. The molecule has 0 saturated carbocycles. The summed E-state index contributed by atoms with van der Waals surface area (Å²) >= 11 is 0. The van der Waals surface area contributed by atoms with E-state index in [1.165, 1.54) is 6.20 Å². The third-order valence-corrected chi connectivity index (χ3v) is 4.41. The van der Waals surface area contributed by atoms with Gasteiger partial charge in [0.2, 0.25) is 5.91 Å². The molecule has 1 unspecified atom stereocenters. The van der Waals surface area contributed by atoms with E-state index in [2.05, 4.69) is 9.97 Å². The van der Waals surface area contributed by atoms with Gasteiger partial charge in [0.1, 0.15) is 17.6 Å². The Balaban J connectivity index is 1.81. The van der Waals surface area contributed by atoms with E-state index in [0.29, 0.717) is 24.6 Å². The van der Waals surface area contributed by atoms with E-state index < -0.39 is 0 Å². The van der Waals surface area contributed by atoms with Crippen LogP contribution in [-0.2, 0) is 4.79 Å². The minimum atomic E-state index is -0.287. The molecule has 0 aliphatic carbocycles. The smallest absolute Gasteiger partial charge is 0.274 e. The number of carbonyl (C=O) groups excluding carboxylic acids is 2. The Kier molecular flexibility index (Phi) is 3.96. The summed E-state index contributed by atoms with van der Waals surface area (Å²) in [6, 6.07) is -0.287. The fraction of sp³-hybridized carbons (Fsp3) is 0.600. The standard InChI is InChI=1S/C15H21N5O2/c1-11-14(21)18(2)7-8-20(11)13-10-16-9-12(17-13)15(22)19-5-3-4-6-19/h9-11H,3-8H2,1-2H3. The molecule has 3 rings (SSSR count). The van der Waals surface area contributed by atoms with Gasteiger partial charge in [-0.15, -0.1) is 0 Å². The maximum Gasteiger partial charge on any atom is 0.274 e. The van der Waals surface area contributed by atoms with Crippen LogP contribution >= 0.6 is 0 Å². The van der Waals surface area contributed by atoms with Crippen LogP contribution in [0, 0.1) is 0 Å². The van der Waals surface area contributed by atoms with Crippen molar-refractivity contribution in [3.8, 4) is 0 Å². The molecule has 1 aromatic rings. The van der Waals surface area contributed by atoms with Gasteiger partial charge in [0.05, 0.1) is 12.4 Å². The Morgan fingerprint density at radius 2 is 1.91 bits per heavy atom. The van der Waals surface area contributed by atoms with Crippen LogP contribution in [0.5, 0.6) is 0 Å². The van der Waals surface area contributed by atoms with Crippen molar-refractivity contribution in [3.05, 3.63) is 18.1 Å². The van der Waals surface area contributed by atoms with E-state index in [1.807, 2.05) is 16.7 Å². The lowest BCUT2D eigenvalue weighted by molar-refractivity contribution is -0.132. The van der Waals surface area contributed by atoms with Crippen LogP contribution in [-0.4, -0.2) is 70.9 Å². The topological polar surface area (TPSA) is 69.6 Å². The molecule has 2 aliphatic rings. The Labute approximate surface area is 129 Å². The summed E-state index contributed by atoms with van der Waals surface area (Å²) in [5.41, 5.74) is 0.359. The molecular formula is C15H21N5O2. The van der Waals surface area contributed by atoms with E-state index >= 15 is 0 Å². The number of piperazine rings is 1. The van der Waals surface area contributed by atoms with E-state index in [0.717, 1.165) is 25.9 Å². The highest BCUT2D eigenvalue weighted by molar-refractivity contribution is 5.92. The average molecular weight is 303 g/mol. The molecule has 7 nitrogen and oxygen atoms in total. The number of aromatic nitrogens is 2. The lowest BCUT2D eigenvalue weighted by Crippen LogP contribution is -2.54. The second-order valence-electron chi connectivity index (χ2n) is 5.89. The van der Waals surface area contributed by atoms with Crippen molar-refractivity contribution in [2.24, 2.45) is 0 Å². The molecule has 0 bridgehead atoms. The van der Waals surface area contributed by atoms with Crippen LogP contribution in [0.1, 0.15) is 30.3 Å². The van der Waals surface area contributed by atoms with Crippen LogP contribution < -0.4 is 4.90 Å². The summed E-state index contributed by atoms with van der Waals surface area (Å²) in [4.78, 5) is 38.6. The molecule has 2 fully saturated rings. The Bertz CT molecular complexity index is 585. The molecule has 2 aliphatic heterocycles. The van der Waals surface area contributed by atoms with E-state index in [1.54, 1.807) is 18.1 Å². The fourth-order valence-electron chi connectivity index (χ4n) is 3.01. The first kappa shape index (κ1) is 14.7. The molecule has 22 heavy (non-hydrogen) atoms. The molecule has 1 aromatic heterocycles. The molecule has 3 heterocycles. The maximum atomic E-state index is 12.4. The average Bonchev–Trinajstić information content (AvgIpc) is 3.06.